The van der Waals surface area contributed by atoms with E-state index in [9.17, 15) is 4.79 Å². The van der Waals surface area contributed by atoms with Gasteiger partial charge in [-0.15, -0.1) is 10.2 Å². The summed E-state index contributed by atoms with van der Waals surface area (Å²) in [6.07, 6.45) is 5.75. The molecule has 8 heteroatoms. The summed E-state index contributed by atoms with van der Waals surface area (Å²) in [6.45, 7) is 0. The fourth-order valence-electron chi connectivity index (χ4n) is 3.86. The predicted octanol–water partition coefficient (Wildman–Crippen LogP) is 5.14. The van der Waals surface area contributed by atoms with Gasteiger partial charge in [0.05, 0.1) is 24.1 Å². The summed E-state index contributed by atoms with van der Waals surface area (Å²) in [5.74, 6) is 1.64. The van der Waals surface area contributed by atoms with E-state index in [0.29, 0.717) is 21.8 Å². The first-order valence-corrected chi connectivity index (χ1v) is 11.8. The minimum atomic E-state index is 0.0244. The summed E-state index contributed by atoms with van der Waals surface area (Å²) in [6, 6.07) is 15.5. The van der Waals surface area contributed by atoms with Gasteiger partial charge >= 0.3 is 0 Å². The Morgan fingerprint density at radius 1 is 1.16 bits per heavy atom. The van der Waals surface area contributed by atoms with E-state index in [1.54, 1.807) is 7.11 Å². The molecule has 1 heterocycles. The number of benzene rings is 2. The molecule has 0 aliphatic heterocycles. The molecule has 1 aromatic heterocycles. The Labute approximate surface area is 191 Å². The summed E-state index contributed by atoms with van der Waals surface area (Å²) in [4.78, 5) is 12.5. The molecule has 0 atom stereocenters. The number of amides is 1. The lowest BCUT2D eigenvalue weighted by Crippen LogP contribution is -2.37. The molecule has 0 saturated heterocycles. The quantitative estimate of drug-likeness (QED) is 0.498. The number of hydrogen-bond acceptors (Lipinski definition) is 5. The molecule has 4 rings (SSSR count). The molecular weight excluding hydrogens is 432 g/mol. The van der Waals surface area contributed by atoms with Gasteiger partial charge in [0.25, 0.3) is 0 Å². The normalized spacial score (nSPS) is 14.4. The van der Waals surface area contributed by atoms with Gasteiger partial charge in [0.1, 0.15) is 5.75 Å². The molecule has 0 unspecified atom stereocenters. The van der Waals surface area contributed by atoms with Crippen LogP contribution in [0.5, 0.6) is 5.75 Å². The zero-order valence-electron chi connectivity index (χ0n) is 17.4. The first-order valence-electron chi connectivity index (χ1n) is 10.4. The molecule has 162 valence electrons. The van der Waals surface area contributed by atoms with Crippen molar-refractivity contribution in [2.75, 3.05) is 12.9 Å². The molecule has 1 fully saturated rings. The Hall–Kier alpha value is -2.51. The van der Waals surface area contributed by atoms with E-state index in [1.165, 1.54) is 31.0 Å². The minimum Gasteiger partial charge on any atom is -0.496 e. The van der Waals surface area contributed by atoms with Gasteiger partial charge in [0.2, 0.25) is 5.91 Å². The van der Waals surface area contributed by atoms with E-state index in [1.807, 2.05) is 53.1 Å². The Morgan fingerprint density at radius 3 is 2.74 bits per heavy atom. The van der Waals surface area contributed by atoms with E-state index >= 15 is 0 Å². The molecule has 0 radical (unpaired) electrons. The first-order chi connectivity index (χ1) is 15.2. The Bertz CT molecular complexity index is 1050. The van der Waals surface area contributed by atoms with Crippen LogP contribution in [0.3, 0.4) is 0 Å². The average Bonchev–Trinajstić information content (AvgIpc) is 3.22. The maximum atomic E-state index is 12.5. The number of nitrogens with zero attached hydrogens (tertiary/aromatic N) is 3. The van der Waals surface area contributed by atoms with Gasteiger partial charge < -0.3 is 10.1 Å². The number of carbonyl (C=O) groups excluding carboxylic acids is 1. The molecule has 0 spiro atoms. The highest BCUT2D eigenvalue weighted by Gasteiger charge is 2.21. The van der Waals surface area contributed by atoms with Crippen LogP contribution in [0.25, 0.3) is 17.1 Å². The minimum absolute atomic E-state index is 0.0244. The van der Waals surface area contributed by atoms with Crippen LogP contribution in [-0.4, -0.2) is 39.6 Å². The highest BCUT2D eigenvalue weighted by atomic mass is 35.5. The third-order valence-electron chi connectivity index (χ3n) is 5.35. The highest BCUT2D eigenvalue weighted by molar-refractivity contribution is 7.99. The number of para-hydroxylation sites is 1. The van der Waals surface area contributed by atoms with Crippen molar-refractivity contribution in [1.82, 2.24) is 20.1 Å². The van der Waals surface area contributed by atoms with Crippen molar-refractivity contribution in [2.45, 2.75) is 43.3 Å². The van der Waals surface area contributed by atoms with Crippen molar-refractivity contribution in [3.8, 4) is 22.8 Å². The smallest absolute Gasteiger partial charge is 0.230 e. The number of aromatic nitrogens is 3. The molecule has 1 aliphatic carbocycles. The number of rotatable bonds is 7. The average molecular weight is 457 g/mol. The summed E-state index contributed by atoms with van der Waals surface area (Å²) >= 11 is 7.62. The SMILES string of the molecule is COc1ccccc1-c1nnc(SCC(=O)NC2CCCCC2)n1-c1cccc(Cl)c1. The Kier molecular flexibility index (Phi) is 7.14. The fourth-order valence-corrected chi connectivity index (χ4v) is 4.81. The van der Waals surface area contributed by atoms with Gasteiger partial charge in [-0.3, -0.25) is 9.36 Å². The van der Waals surface area contributed by atoms with Crippen LogP contribution in [0.1, 0.15) is 32.1 Å². The number of nitrogens with one attached hydrogen (secondary N) is 1. The molecule has 1 amide bonds. The monoisotopic (exact) mass is 456 g/mol. The lowest BCUT2D eigenvalue weighted by Gasteiger charge is -2.22. The van der Waals surface area contributed by atoms with Crippen LogP contribution in [0.15, 0.2) is 53.7 Å². The second-order valence-corrected chi connectivity index (χ2v) is 8.89. The number of ether oxygens (including phenoxy) is 1. The largest absolute Gasteiger partial charge is 0.496 e. The summed E-state index contributed by atoms with van der Waals surface area (Å²) in [5, 5.41) is 13.2. The highest BCUT2D eigenvalue weighted by Crippen LogP contribution is 2.33. The number of methoxy groups -OCH3 is 1. The maximum absolute atomic E-state index is 12.5. The lowest BCUT2D eigenvalue weighted by atomic mass is 9.95. The van der Waals surface area contributed by atoms with Gasteiger partial charge in [0.15, 0.2) is 11.0 Å². The fraction of sp³-hybridized carbons (Fsp3) is 0.348. The molecule has 1 saturated carbocycles. The van der Waals surface area contributed by atoms with E-state index in [-0.39, 0.29) is 17.7 Å². The van der Waals surface area contributed by atoms with Gasteiger partial charge in [-0.1, -0.05) is 60.8 Å². The van der Waals surface area contributed by atoms with Crippen LogP contribution in [0.2, 0.25) is 5.02 Å². The van der Waals surface area contributed by atoms with Gasteiger partial charge in [-0.05, 0) is 43.2 Å². The number of halogens is 1. The van der Waals surface area contributed by atoms with E-state index in [0.717, 1.165) is 24.1 Å². The molecule has 0 bridgehead atoms. The standard InChI is InChI=1S/C23H25ClN4O2S/c1-30-20-13-6-5-12-19(20)22-26-27-23(28(22)18-11-7-8-16(24)14-18)31-15-21(29)25-17-9-3-2-4-10-17/h5-8,11-14,17H,2-4,9-10,15H2,1H3,(H,25,29). The van der Waals surface area contributed by atoms with Crippen LogP contribution < -0.4 is 10.1 Å². The van der Waals surface area contributed by atoms with Crippen molar-refractivity contribution < 1.29 is 9.53 Å². The van der Waals surface area contributed by atoms with E-state index in [2.05, 4.69) is 15.5 Å². The second-order valence-electron chi connectivity index (χ2n) is 7.51. The molecule has 2 aromatic carbocycles. The number of hydrogen-bond donors (Lipinski definition) is 1. The van der Waals surface area contributed by atoms with Crippen molar-refractivity contribution in [1.29, 1.82) is 0 Å². The van der Waals surface area contributed by atoms with Crippen molar-refractivity contribution in [3.05, 3.63) is 53.6 Å². The topological polar surface area (TPSA) is 69.0 Å². The number of carbonyl (C=O) groups is 1. The molecule has 1 N–H and O–H groups in total. The van der Waals surface area contributed by atoms with Crippen LogP contribution >= 0.6 is 23.4 Å². The molecule has 6 nitrogen and oxygen atoms in total. The van der Waals surface area contributed by atoms with E-state index in [4.69, 9.17) is 16.3 Å². The van der Waals surface area contributed by atoms with Gasteiger partial charge in [0, 0.05) is 11.1 Å². The summed E-state index contributed by atoms with van der Waals surface area (Å²) < 4.78 is 7.45. The predicted molar refractivity (Wildman–Crippen MR) is 124 cm³/mol. The summed E-state index contributed by atoms with van der Waals surface area (Å²) in [5.41, 5.74) is 1.64. The zero-order valence-corrected chi connectivity index (χ0v) is 19.0. The Balaban J connectivity index is 1.62. The Morgan fingerprint density at radius 2 is 1.97 bits per heavy atom. The van der Waals surface area contributed by atoms with Crippen LogP contribution in [0, 0.1) is 0 Å². The van der Waals surface area contributed by atoms with Crippen molar-refractivity contribution in [2.24, 2.45) is 0 Å². The molecule has 1 aliphatic rings. The number of thioether (sulfide) groups is 1. The lowest BCUT2D eigenvalue weighted by molar-refractivity contribution is -0.119. The molecule has 3 aromatic rings. The molecular formula is C23H25ClN4O2S. The second kappa shape index (κ2) is 10.2. The van der Waals surface area contributed by atoms with Gasteiger partial charge in [-0.2, -0.15) is 0 Å². The molecule has 31 heavy (non-hydrogen) atoms. The first kappa shape index (κ1) is 21.7. The van der Waals surface area contributed by atoms with Crippen LogP contribution in [0.4, 0.5) is 0 Å². The van der Waals surface area contributed by atoms with Gasteiger partial charge in [-0.25, -0.2) is 0 Å². The van der Waals surface area contributed by atoms with Crippen molar-refractivity contribution >= 4 is 29.3 Å². The van der Waals surface area contributed by atoms with Crippen molar-refractivity contribution in [3.63, 3.8) is 0 Å². The van der Waals surface area contributed by atoms with Crippen LogP contribution in [-0.2, 0) is 4.79 Å². The third kappa shape index (κ3) is 5.22. The summed E-state index contributed by atoms with van der Waals surface area (Å²) in [7, 11) is 1.63. The third-order valence-corrected chi connectivity index (χ3v) is 6.51. The van der Waals surface area contributed by atoms with E-state index < -0.39 is 0 Å². The zero-order chi connectivity index (χ0) is 21.6. The maximum Gasteiger partial charge on any atom is 0.230 e.